The van der Waals surface area contributed by atoms with Crippen molar-refractivity contribution in [1.29, 1.82) is 0 Å². The van der Waals surface area contributed by atoms with E-state index in [1.807, 2.05) is 0 Å². The van der Waals surface area contributed by atoms with Crippen LogP contribution in [0.1, 0.15) is 48.5 Å². The Morgan fingerprint density at radius 3 is 2.52 bits per heavy atom. The Bertz CT molecular complexity index is 564. The van der Waals surface area contributed by atoms with Gasteiger partial charge in [-0.1, -0.05) is 53.2 Å². The largest absolute Gasteiger partial charge is 0.268 e. The summed E-state index contributed by atoms with van der Waals surface area (Å²) in [6, 6.07) is 10.6. The summed E-state index contributed by atoms with van der Waals surface area (Å²) in [6.07, 6.45) is 4.33. The molecule has 1 atom stereocenters. The molecule has 0 N–H and O–H groups in total. The maximum atomic E-state index is 4.66. The van der Waals surface area contributed by atoms with Crippen molar-refractivity contribution in [2.75, 3.05) is 0 Å². The van der Waals surface area contributed by atoms with Gasteiger partial charge in [0.1, 0.15) is 0 Å². The SMILES string of the molecule is CCc1nn(CC)c(CCCC(Br)c2ccccc2)c1Br. The maximum absolute atomic E-state index is 4.66. The van der Waals surface area contributed by atoms with Crippen molar-refractivity contribution in [3.8, 4) is 0 Å². The fraction of sp³-hybridized carbons (Fsp3) is 0.471. The molecule has 0 aliphatic rings. The van der Waals surface area contributed by atoms with Gasteiger partial charge in [0.2, 0.25) is 0 Å². The van der Waals surface area contributed by atoms with E-state index in [2.05, 4.69) is 85.8 Å². The van der Waals surface area contributed by atoms with E-state index in [9.17, 15) is 0 Å². The predicted molar refractivity (Wildman–Crippen MR) is 96.0 cm³/mol. The van der Waals surface area contributed by atoms with Gasteiger partial charge in [-0.3, -0.25) is 4.68 Å². The van der Waals surface area contributed by atoms with Crippen molar-refractivity contribution >= 4 is 31.9 Å². The minimum atomic E-state index is 0.432. The first-order valence-electron chi connectivity index (χ1n) is 7.60. The molecule has 4 heteroatoms. The van der Waals surface area contributed by atoms with E-state index >= 15 is 0 Å². The van der Waals surface area contributed by atoms with Crippen molar-refractivity contribution < 1.29 is 0 Å². The fourth-order valence-electron chi connectivity index (χ4n) is 2.53. The van der Waals surface area contributed by atoms with Crippen LogP contribution in [0.25, 0.3) is 0 Å². The summed E-state index contributed by atoms with van der Waals surface area (Å²) in [5, 5.41) is 4.66. The topological polar surface area (TPSA) is 17.8 Å². The molecule has 1 heterocycles. The molecule has 0 aliphatic carbocycles. The number of aromatic nitrogens is 2. The Labute approximate surface area is 144 Å². The molecule has 0 amide bonds. The second-order valence-corrected chi connectivity index (χ2v) is 7.05. The molecule has 2 rings (SSSR count). The van der Waals surface area contributed by atoms with Gasteiger partial charge in [-0.25, -0.2) is 0 Å². The third-order valence-electron chi connectivity index (χ3n) is 3.73. The predicted octanol–water partition coefficient (Wildman–Crippen LogP) is 5.69. The van der Waals surface area contributed by atoms with Gasteiger partial charge < -0.3 is 0 Å². The molecule has 0 saturated heterocycles. The zero-order valence-electron chi connectivity index (χ0n) is 12.6. The number of benzene rings is 1. The molecule has 2 nitrogen and oxygen atoms in total. The Kier molecular flexibility index (Phi) is 6.49. The van der Waals surface area contributed by atoms with Gasteiger partial charge in [0, 0.05) is 11.4 Å². The smallest absolute Gasteiger partial charge is 0.0766 e. The lowest BCUT2D eigenvalue weighted by Gasteiger charge is -2.10. The summed E-state index contributed by atoms with van der Waals surface area (Å²) in [5.41, 5.74) is 3.86. The van der Waals surface area contributed by atoms with Crippen LogP contribution in [-0.2, 0) is 19.4 Å². The van der Waals surface area contributed by atoms with Crippen LogP contribution in [0.3, 0.4) is 0 Å². The normalized spacial score (nSPS) is 12.6. The number of alkyl halides is 1. The number of nitrogens with zero attached hydrogens (tertiary/aromatic N) is 2. The Balaban J connectivity index is 1.96. The van der Waals surface area contributed by atoms with Crippen LogP contribution in [0.15, 0.2) is 34.8 Å². The summed E-state index contributed by atoms with van der Waals surface area (Å²) in [6.45, 7) is 5.24. The molecule has 0 spiro atoms. The highest BCUT2D eigenvalue weighted by atomic mass is 79.9. The first-order chi connectivity index (χ1) is 10.2. The third kappa shape index (κ3) is 4.19. The first-order valence-corrected chi connectivity index (χ1v) is 9.31. The molecule has 1 aromatic carbocycles. The lowest BCUT2D eigenvalue weighted by Crippen LogP contribution is -2.03. The van der Waals surface area contributed by atoms with Crippen molar-refractivity contribution in [1.82, 2.24) is 9.78 Å². The van der Waals surface area contributed by atoms with Crippen LogP contribution in [0.2, 0.25) is 0 Å². The van der Waals surface area contributed by atoms with Gasteiger partial charge in [-0.15, -0.1) is 0 Å². The molecule has 0 saturated carbocycles. The molecule has 0 fully saturated rings. The molecule has 0 aliphatic heterocycles. The number of hydrogen-bond donors (Lipinski definition) is 0. The standard InChI is InChI=1S/C17H22Br2N2/c1-3-15-17(19)16(21(4-2)20-15)12-8-11-14(18)13-9-6-5-7-10-13/h5-7,9-10,14H,3-4,8,11-12H2,1-2H3. The lowest BCUT2D eigenvalue weighted by atomic mass is 10.1. The molecule has 2 aromatic rings. The van der Waals surface area contributed by atoms with Crippen molar-refractivity contribution in [2.45, 2.75) is 50.9 Å². The summed E-state index contributed by atoms with van der Waals surface area (Å²) in [7, 11) is 0. The summed E-state index contributed by atoms with van der Waals surface area (Å²) < 4.78 is 3.34. The molecule has 1 aromatic heterocycles. The Morgan fingerprint density at radius 2 is 1.90 bits per heavy atom. The van der Waals surface area contributed by atoms with E-state index in [-0.39, 0.29) is 0 Å². The van der Waals surface area contributed by atoms with Gasteiger partial charge in [0.15, 0.2) is 0 Å². The third-order valence-corrected chi connectivity index (χ3v) is 5.63. The monoisotopic (exact) mass is 412 g/mol. The zero-order chi connectivity index (χ0) is 15.2. The van der Waals surface area contributed by atoms with Crippen LogP contribution in [0, 0.1) is 0 Å². The summed E-state index contributed by atoms with van der Waals surface area (Å²) in [4.78, 5) is 0.432. The first kappa shape index (κ1) is 16.8. The number of halogens is 2. The highest BCUT2D eigenvalue weighted by Crippen LogP contribution is 2.30. The van der Waals surface area contributed by atoms with Gasteiger partial charge in [0.25, 0.3) is 0 Å². The number of hydrogen-bond acceptors (Lipinski definition) is 1. The second kappa shape index (κ2) is 8.14. The van der Waals surface area contributed by atoms with Crippen molar-refractivity contribution in [3.05, 3.63) is 51.8 Å². The van der Waals surface area contributed by atoms with E-state index in [1.165, 1.54) is 21.4 Å². The van der Waals surface area contributed by atoms with Crippen LogP contribution in [0.5, 0.6) is 0 Å². The van der Waals surface area contributed by atoms with Gasteiger partial charge in [-0.2, -0.15) is 5.10 Å². The van der Waals surface area contributed by atoms with E-state index in [1.54, 1.807) is 0 Å². The average molecular weight is 414 g/mol. The zero-order valence-corrected chi connectivity index (χ0v) is 15.8. The molecule has 21 heavy (non-hydrogen) atoms. The highest BCUT2D eigenvalue weighted by molar-refractivity contribution is 9.10. The maximum Gasteiger partial charge on any atom is 0.0766 e. The Morgan fingerprint density at radius 1 is 1.19 bits per heavy atom. The van der Waals surface area contributed by atoms with E-state index < -0.39 is 0 Å². The van der Waals surface area contributed by atoms with Crippen molar-refractivity contribution in [3.63, 3.8) is 0 Å². The van der Waals surface area contributed by atoms with Crippen LogP contribution < -0.4 is 0 Å². The molecule has 0 bridgehead atoms. The van der Waals surface area contributed by atoms with Gasteiger partial charge in [0.05, 0.1) is 15.9 Å². The average Bonchev–Trinajstić information content (AvgIpc) is 2.84. The molecule has 0 radical (unpaired) electrons. The summed E-state index contributed by atoms with van der Waals surface area (Å²) >= 11 is 7.52. The van der Waals surface area contributed by atoms with Crippen LogP contribution >= 0.6 is 31.9 Å². The van der Waals surface area contributed by atoms with Gasteiger partial charge >= 0.3 is 0 Å². The lowest BCUT2D eigenvalue weighted by molar-refractivity contribution is 0.595. The van der Waals surface area contributed by atoms with E-state index in [0.717, 1.165) is 32.2 Å². The Hall–Kier alpha value is -0.610. The van der Waals surface area contributed by atoms with Crippen LogP contribution in [0.4, 0.5) is 0 Å². The van der Waals surface area contributed by atoms with Crippen LogP contribution in [-0.4, -0.2) is 9.78 Å². The minimum Gasteiger partial charge on any atom is -0.268 e. The summed E-state index contributed by atoms with van der Waals surface area (Å²) in [5.74, 6) is 0. The molecule has 1 unspecified atom stereocenters. The quantitative estimate of drug-likeness (QED) is 0.533. The fourth-order valence-corrected chi connectivity index (χ4v) is 3.92. The molecular formula is C17H22Br2N2. The molecular weight excluding hydrogens is 392 g/mol. The second-order valence-electron chi connectivity index (χ2n) is 5.15. The van der Waals surface area contributed by atoms with E-state index in [0.29, 0.717) is 4.83 Å². The van der Waals surface area contributed by atoms with Gasteiger partial charge in [-0.05, 0) is 54.1 Å². The highest BCUT2D eigenvalue weighted by Gasteiger charge is 2.14. The van der Waals surface area contributed by atoms with E-state index in [4.69, 9.17) is 0 Å². The number of rotatable bonds is 7. The molecule has 114 valence electrons. The number of aryl methyl sites for hydroxylation is 2. The van der Waals surface area contributed by atoms with Crippen molar-refractivity contribution in [2.24, 2.45) is 0 Å². The minimum absolute atomic E-state index is 0.432.